The van der Waals surface area contributed by atoms with Crippen LogP contribution in [0, 0.1) is 0 Å². The van der Waals surface area contributed by atoms with Gasteiger partial charge in [0.2, 0.25) is 0 Å². The summed E-state index contributed by atoms with van der Waals surface area (Å²) in [6, 6.07) is -1.10. The second-order valence-electron chi connectivity index (χ2n) is 1.83. The SMILES string of the molecule is [3H]C([3H])(CSC)CC(N)C(=O)O. The van der Waals surface area contributed by atoms with Gasteiger partial charge in [-0.05, 0) is 24.8 Å². The molecule has 0 aliphatic carbocycles. The molecule has 1 atom stereocenters. The van der Waals surface area contributed by atoms with Crippen LogP contribution in [0.1, 0.15) is 15.5 Å². The van der Waals surface area contributed by atoms with E-state index in [-0.39, 0.29) is 12.2 Å². The van der Waals surface area contributed by atoms with Crippen LogP contribution >= 0.6 is 11.8 Å². The summed E-state index contributed by atoms with van der Waals surface area (Å²) in [5.74, 6) is -0.881. The number of rotatable bonds is 5. The van der Waals surface area contributed by atoms with Gasteiger partial charge in [0.25, 0.3) is 0 Å². The molecule has 0 saturated heterocycles. The van der Waals surface area contributed by atoms with Gasteiger partial charge >= 0.3 is 5.97 Å². The van der Waals surface area contributed by atoms with Crippen LogP contribution in [-0.2, 0) is 4.79 Å². The van der Waals surface area contributed by atoms with Gasteiger partial charge in [-0.3, -0.25) is 4.79 Å². The van der Waals surface area contributed by atoms with Gasteiger partial charge in [-0.1, -0.05) is 0 Å². The summed E-state index contributed by atoms with van der Waals surface area (Å²) >= 11 is 1.34. The third-order valence-corrected chi connectivity index (χ3v) is 1.42. The van der Waals surface area contributed by atoms with Crippen LogP contribution in [0.4, 0.5) is 0 Å². The molecule has 0 spiro atoms. The number of carboxylic acids is 1. The third kappa shape index (κ3) is 4.64. The van der Waals surface area contributed by atoms with Crippen molar-refractivity contribution >= 4 is 17.7 Å². The van der Waals surface area contributed by atoms with Gasteiger partial charge < -0.3 is 10.8 Å². The lowest BCUT2D eigenvalue weighted by molar-refractivity contribution is -0.138. The van der Waals surface area contributed by atoms with E-state index in [0.717, 1.165) is 0 Å². The molecule has 10 heavy (non-hydrogen) atoms. The maximum Gasteiger partial charge on any atom is 0.320 e. The molecule has 1 unspecified atom stereocenters. The normalized spacial score (nSPS) is 17.4. The first kappa shape index (κ1) is 6.49. The molecule has 0 fully saturated rings. The van der Waals surface area contributed by atoms with Crippen molar-refractivity contribution in [2.45, 2.75) is 18.8 Å². The highest BCUT2D eigenvalue weighted by Crippen LogP contribution is 2.01. The minimum Gasteiger partial charge on any atom is -0.480 e. The van der Waals surface area contributed by atoms with Crippen LogP contribution < -0.4 is 5.73 Å². The average Bonchev–Trinajstić information content (AvgIpc) is 1.85. The van der Waals surface area contributed by atoms with E-state index in [2.05, 4.69) is 0 Å². The van der Waals surface area contributed by atoms with E-state index >= 15 is 0 Å². The Bertz CT molecular complexity index is 166. The molecule has 3 N–H and O–H groups in total. The molecule has 0 heterocycles. The smallest absolute Gasteiger partial charge is 0.320 e. The molecule has 0 rings (SSSR count). The van der Waals surface area contributed by atoms with Crippen molar-refractivity contribution in [2.75, 3.05) is 12.0 Å². The zero-order chi connectivity index (χ0) is 9.78. The number of aliphatic carboxylic acids is 1. The largest absolute Gasteiger partial charge is 0.480 e. The molecule has 0 amide bonds. The lowest BCUT2D eigenvalue weighted by atomic mass is 10.2. The van der Waals surface area contributed by atoms with Gasteiger partial charge in [-0.25, -0.2) is 0 Å². The number of nitrogens with two attached hydrogens (primary N) is 1. The fourth-order valence-corrected chi connectivity index (χ4v) is 0.726. The van der Waals surface area contributed by atoms with Crippen LogP contribution in [-0.4, -0.2) is 29.1 Å². The number of carbonyl (C=O) groups is 1. The first-order valence-electron chi connectivity index (χ1n) is 3.86. The summed E-state index contributed by atoms with van der Waals surface area (Å²) in [5, 5.41) is 8.42. The Kier molecular flexibility index (Phi) is 3.60. The molecule has 0 saturated carbocycles. The average molecular weight is 167 g/mol. The van der Waals surface area contributed by atoms with E-state index < -0.39 is 18.4 Å². The van der Waals surface area contributed by atoms with E-state index in [9.17, 15) is 4.79 Å². The zero-order valence-corrected chi connectivity index (χ0v) is 6.65. The number of hydrogen-bond donors (Lipinski definition) is 2. The van der Waals surface area contributed by atoms with E-state index in [1.165, 1.54) is 11.8 Å². The van der Waals surface area contributed by atoms with E-state index in [0.29, 0.717) is 0 Å². The highest BCUT2D eigenvalue weighted by Gasteiger charge is 2.09. The van der Waals surface area contributed by atoms with Crippen LogP contribution in [0.5, 0.6) is 0 Å². The van der Waals surface area contributed by atoms with Crippen molar-refractivity contribution in [2.24, 2.45) is 5.73 Å². The van der Waals surface area contributed by atoms with Crippen molar-refractivity contribution in [3.8, 4) is 0 Å². The zero-order valence-electron chi connectivity index (χ0n) is 7.83. The van der Waals surface area contributed by atoms with Gasteiger partial charge in [-0.15, -0.1) is 0 Å². The van der Waals surface area contributed by atoms with Crippen molar-refractivity contribution in [3.05, 3.63) is 0 Å². The second-order valence-corrected chi connectivity index (χ2v) is 2.70. The number of thioether (sulfide) groups is 1. The van der Waals surface area contributed by atoms with Gasteiger partial charge in [0.15, 0.2) is 0 Å². The van der Waals surface area contributed by atoms with Gasteiger partial charge in [-0.2, -0.15) is 11.8 Å². The summed E-state index contributed by atoms with van der Waals surface area (Å²) in [6.45, 7) is 0. The molecule has 0 aromatic rings. The molecule has 60 valence electrons. The molecular formula is C6H13NO2S. The Balaban J connectivity index is 3.95. The Morgan fingerprint density at radius 2 is 2.60 bits per heavy atom. The van der Waals surface area contributed by atoms with Crippen LogP contribution in [0.3, 0.4) is 0 Å². The van der Waals surface area contributed by atoms with Crippen molar-refractivity contribution in [1.82, 2.24) is 0 Å². The minimum absolute atomic E-state index is 0.136. The van der Waals surface area contributed by atoms with Crippen LogP contribution in [0.15, 0.2) is 0 Å². The van der Waals surface area contributed by atoms with E-state index in [4.69, 9.17) is 13.6 Å². The fourth-order valence-electron chi connectivity index (χ4n) is 0.404. The predicted molar refractivity (Wildman–Crippen MR) is 43.2 cm³/mol. The molecule has 4 heteroatoms. The van der Waals surface area contributed by atoms with Crippen molar-refractivity contribution < 1.29 is 12.6 Å². The quantitative estimate of drug-likeness (QED) is 0.627. The Hall–Kier alpha value is -0.220. The maximum absolute atomic E-state index is 10.3. The first-order valence-corrected chi connectivity index (χ1v) is 4.26. The Labute approximate surface area is 67.8 Å². The lowest BCUT2D eigenvalue weighted by Gasteiger charge is -2.03. The number of hydrogen-bond acceptors (Lipinski definition) is 3. The fraction of sp³-hybridized carbons (Fsp3) is 0.833. The second kappa shape index (κ2) is 5.56. The van der Waals surface area contributed by atoms with Crippen LogP contribution in [0.2, 0.25) is 0 Å². The van der Waals surface area contributed by atoms with Crippen molar-refractivity contribution in [1.29, 1.82) is 0 Å². The summed E-state index contributed by atoms with van der Waals surface area (Å²) in [5.41, 5.74) is 5.18. The molecule has 0 bridgehead atoms. The topological polar surface area (TPSA) is 63.3 Å². The molecule has 0 aromatic carbocycles. The van der Waals surface area contributed by atoms with Crippen molar-refractivity contribution in [3.63, 3.8) is 0 Å². The summed E-state index contributed by atoms with van der Waals surface area (Å²) in [6.07, 6.45) is 0.143. The summed E-state index contributed by atoms with van der Waals surface area (Å²) in [7, 11) is 0. The molecule has 0 aliphatic rings. The lowest BCUT2D eigenvalue weighted by Crippen LogP contribution is -2.29. The first-order chi connectivity index (χ1) is 5.39. The Morgan fingerprint density at radius 3 is 3.00 bits per heavy atom. The minimum atomic E-state index is -1.49. The molecule has 0 aliphatic heterocycles. The monoisotopic (exact) mass is 167 g/mol. The third-order valence-electron chi connectivity index (χ3n) is 0.928. The Morgan fingerprint density at radius 1 is 2.00 bits per heavy atom. The van der Waals surface area contributed by atoms with Gasteiger partial charge in [0.1, 0.15) is 6.04 Å². The molecule has 3 nitrogen and oxygen atoms in total. The van der Waals surface area contributed by atoms with E-state index in [1.807, 2.05) is 0 Å². The highest BCUT2D eigenvalue weighted by atomic mass is 32.2. The predicted octanol–water partition coefficient (Wildman–Crippen LogP) is 0.542. The summed E-state index contributed by atoms with van der Waals surface area (Å²) in [4.78, 5) is 10.3. The standard InChI is InChI=1S/C6H13NO2S/c1-10-4-2-3-5(7)6(8)9/h5H,2-4,7H2,1H3,(H,8,9)/i2T2. The molecule has 0 aromatic heterocycles. The van der Waals surface area contributed by atoms with Crippen LogP contribution in [0.25, 0.3) is 0 Å². The van der Waals surface area contributed by atoms with E-state index in [1.54, 1.807) is 6.26 Å². The molecule has 0 radical (unpaired) electrons. The maximum atomic E-state index is 10.3. The highest BCUT2D eigenvalue weighted by molar-refractivity contribution is 7.98. The van der Waals surface area contributed by atoms with Gasteiger partial charge in [0, 0.05) is 2.74 Å². The summed E-state index contributed by atoms with van der Waals surface area (Å²) < 4.78 is 14.7. The number of carboxylic acid groups (broad SMARTS) is 1. The van der Waals surface area contributed by atoms with Gasteiger partial charge in [0.05, 0.1) is 0 Å². The molecular weight excluding hydrogens is 150 g/mol.